The number of cyclic esters (lactones) is 1. The largest absolute Gasteiger partial charge is 0.463 e. The van der Waals surface area contributed by atoms with E-state index in [1.807, 2.05) is 0 Å². The van der Waals surface area contributed by atoms with Gasteiger partial charge in [0.1, 0.15) is 12.1 Å². The maximum absolute atomic E-state index is 11.8. The van der Waals surface area contributed by atoms with Gasteiger partial charge in [-0.3, -0.25) is 9.69 Å². The Balaban J connectivity index is 0.00000112. The van der Waals surface area contributed by atoms with Gasteiger partial charge in [-0.25, -0.2) is 0 Å². The number of carbonyl (C=O) groups is 1. The van der Waals surface area contributed by atoms with Crippen LogP contribution in [-0.4, -0.2) is 42.0 Å². The van der Waals surface area contributed by atoms with Crippen LogP contribution in [0.4, 0.5) is 0 Å². The summed E-state index contributed by atoms with van der Waals surface area (Å²) in [5.41, 5.74) is -0.312. The van der Waals surface area contributed by atoms with E-state index < -0.39 is 0 Å². The molecule has 1 saturated carbocycles. The van der Waals surface area contributed by atoms with Gasteiger partial charge in [0.05, 0.1) is 0 Å². The van der Waals surface area contributed by atoms with Gasteiger partial charge in [-0.2, -0.15) is 0 Å². The Kier molecular flexibility index (Phi) is 4.68. The molecule has 1 heterocycles. The molecule has 2 aliphatic rings. The number of halogens is 2. The smallest absolute Gasteiger partial charge is 0.326 e. The van der Waals surface area contributed by atoms with Crippen LogP contribution < -0.4 is 0 Å². The number of hydrogen-bond donors (Lipinski definition) is 0. The molecule has 1 aliphatic carbocycles. The van der Waals surface area contributed by atoms with E-state index in [2.05, 4.69) is 4.90 Å². The third kappa shape index (κ3) is 2.24. The first-order chi connectivity index (χ1) is 6.79. The molecule has 2 rings (SSSR count). The van der Waals surface area contributed by atoms with Crippen LogP contribution in [0.25, 0.3) is 0 Å². The maximum atomic E-state index is 11.8. The molecule has 1 saturated heterocycles. The molecule has 88 valence electrons. The fraction of sp³-hybridized carbons (Fsp3) is 0.900. The molecule has 0 aromatic rings. The standard InChI is InChI=1S/C10H16ClNO2.ClH/c11-5-6-12-7-8-14-9(13)10(12)3-1-2-4-10;/h1-8H2;1H. The van der Waals surface area contributed by atoms with E-state index in [0.29, 0.717) is 12.5 Å². The van der Waals surface area contributed by atoms with E-state index in [0.717, 1.165) is 38.8 Å². The number of morpholine rings is 1. The van der Waals surface area contributed by atoms with Gasteiger partial charge < -0.3 is 4.74 Å². The summed E-state index contributed by atoms with van der Waals surface area (Å²) in [6.45, 7) is 2.17. The van der Waals surface area contributed by atoms with Crippen LogP contribution >= 0.6 is 24.0 Å². The molecule has 5 heteroatoms. The number of hydrogen-bond acceptors (Lipinski definition) is 3. The van der Waals surface area contributed by atoms with Crippen LogP contribution in [0.5, 0.6) is 0 Å². The van der Waals surface area contributed by atoms with E-state index in [1.165, 1.54) is 0 Å². The molecule has 0 atom stereocenters. The first kappa shape index (κ1) is 13.1. The Morgan fingerprint density at radius 3 is 2.67 bits per heavy atom. The second-order valence-corrected chi connectivity index (χ2v) is 4.43. The second kappa shape index (κ2) is 5.37. The third-order valence-corrected chi connectivity index (χ3v) is 3.53. The third-order valence-electron chi connectivity index (χ3n) is 3.36. The zero-order valence-electron chi connectivity index (χ0n) is 8.71. The summed E-state index contributed by atoms with van der Waals surface area (Å²) < 4.78 is 5.17. The summed E-state index contributed by atoms with van der Waals surface area (Å²) in [5, 5.41) is 0. The highest BCUT2D eigenvalue weighted by Gasteiger charge is 2.49. The molecule has 2 fully saturated rings. The second-order valence-electron chi connectivity index (χ2n) is 4.05. The van der Waals surface area contributed by atoms with Crippen molar-refractivity contribution in [3.63, 3.8) is 0 Å². The molecule has 0 amide bonds. The molecule has 0 bridgehead atoms. The summed E-state index contributed by atoms with van der Waals surface area (Å²) in [5.74, 6) is 0.570. The lowest BCUT2D eigenvalue weighted by molar-refractivity contribution is -0.168. The molecule has 0 radical (unpaired) electrons. The number of nitrogens with zero attached hydrogens (tertiary/aromatic N) is 1. The quantitative estimate of drug-likeness (QED) is 0.556. The van der Waals surface area contributed by atoms with Crippen LogP contribution in [0.15, 0.2) is 0 Å². The normalized spacial score (nSPS) is 25.0. The van der Waals surface area contributed by atoms with Gasteiger partial charge in [-0.15, -0.1) is 24.0 Å². The number of carbonyl (C=O) groups excluding carboxylic acids is 1. The topological polar surface area (TPSA) is 29.5 Å². The lowest BCUT2D eigenvalue weighted by atomic mass is 9.94. The van der Waals surface area contributed by atoms with E-state index >= 15 is 0 Å². The van der Waals surface area contributed by atoms with Crippen molar-refractivity contribution in [3.05, 3.63) is 0 Å². The molecule has 1 spiro atoms. The molecule has 0 N–H and O–H groups in total. The summed E-state index contributed by atoms with van der Waals surface area (Å²) in [4.78, 5) is 14.0. The Morgan fingerprint density at radius 1 is 1.40 bits per heavy atom. The summed E-state index contributed by atoms with van der Waals surface area (Å²) >= 11 is 5.75. The van der Waals surface area contributed by atoms with Crippen molar-refractivity contribution in [2.75, 3.05) is 25.6 Å². The molecule has 0 aromatic carbocycles. The summed E-state index contributed by atoms with van der Waals surface area (Å²) in [7, 11) is 0. The van der Waals surface area contributed by atoms with Crippen LogP contribution in [0.3, 0.4) is 0 Å². The molecule has 3 nitrogen and oxygen atoms in total. The Hall–Kier alpha value is 0.01000. The lowest BCUT2D eigenvalue weighted by Crippen LogP contribution is -2.58. The summed E-state index contributed by atoms with van der Waals surface area (Å²) in [6.07, 6.45) is 4.16. The van der Waals surface area contributed by atoms with Crippen molar-refractivity contribution in [1.82, 2.24) is 4.90 Å². The zero-order valence-corrected chi connectivity index (χ0v) is 10.3. The highest BCUT2D eigenvalue weighted by Crippen LogP contribution is 2.37. The average Bonchev–Trinajstić information content (AvgIpc) is 2.64. The Morgan fingerprint density at radius 2 is 2.07 bits per heavy atom. The maximum Gasteiger partial charge on any atom is 0.326 e. The molecule has 1 aliphatic heterocycles. The Bertz CT molecular complexity index is 227. The Labute approximate surface area is 102 Å². The SMILES string of the molecule is Cl.O=C1OCCN(CCCl)C12CCCC2. The number of ether oxygens (including phenoxy) is 1. The minimum atomic E-state index is -0.312. The molecular formula is C10H17Cl2NO2. The first-order valence-corrected chi connectivity index (χ1v) is 5.81. The lowest BCUT2D eigenvalue weighted by Gasteiger charge is -2.42. The van der Waals surface area contributed by atoms with Gasteiger partial charge in [0.15, 0.2) is 0 Å². The fourth-order valence-electron chi connectivity index (χ4n) is 2.63. The van der Waals surface area contributed by atoms with Crippen molar-refractivity contribution in [3.8, 4) is 0 Å². The highest BCUT2D eigenvalue weighted by atomic mass is 35.5. The van der Waals surface area contributed by atoms with Gasteiger partial charge in [-0.1, -0.05) is 12.8 Å². The van der Waals surface area contributed by atoms with Crippen LogP contribution in [0.2, 0.25) is 0 Å². The van der Waals surface area contributed by atoms with Crippen molar-refractivity contribution in [1.29, 1.82) is 0 Å². The molecule has 0 unspecified atom stereocenters. The van der Waals surface area contributed by atoms with E-state index in [1.54, 1.807) is 0 Å². The van der Waals surface area contributed by atoms with E-state index in [9.17, 15) is 4.79 Å². The average molecular weight is 254 g/mol. The van der Waals surface area contributed by atoms with Gasteiger partial charge in [0.2, 0.25) is 0 Å². The molecular weight excluding hydrogens is 237 g/mol. The number of rotatable bonds is 2. The van der Waals surface area contributed by atoms with Crippen LogP contribution in [-0.2, 0) is 9.53 Å². The first-order valence-electron chi connectivity index (χ1n) is 5.28. The monoisotopic (exact) mass is 253 g/mol. The predicted octanol–water partition coefficient (Wildman–Crippen LogP) is 1.82. The van der Waals surface area contributed by atoms with E-state index in [-0.39, 0.29) is 23.9 Å². The minimum Gasteiger partial charge on any atom is -0.463 e. The van der Waals surface area contributed by atoms with Crippen molar-refractivity contribution in [2.24, 2.45) is 0 Å². The van der Waals surface area contributed by atoms with Crippen molar-refractivity contribution >= 4 is 30.0 Å². The minimum absolute atomic E-state index is 0. The molecule has 15 heavy (non-hydrogen) atoms. The fourth-order valence-corrected chi connectivity index (χ4v) is 2.84. The van der Waals surface area contributed by atoms with Gasteiger partial charge in [0.25, 0.3) is 0 Å². The predicted molar refractivity (Wildman–Crippen MR) is 61.7 cm³/mol. The van der Waals surface area contributed by atoms with Crippen LogP contribution in [0.1, 0.15) is 25.7 Å². The van der Waals surface area contributed by atoms with E-state index in [4.69, 9.17) is 16.3 Å². The van der Waals surface area contributed by atoms with Crippen LogP contribution in [0, 0.1) is 0 Å². The van der Waals surface area contributed by atoms with Gasteiger partial charge >= 0.3 is 5.97 Å². The number of alkyl halides is 1. The number of esters is 1. The zero-order chi connectivity index (χ0) is 10.0. The van der Waals surface area contributed by atoms with Crippen molar-refractivity contribution < 1.29 is 9.53 Å². The van der Waals surface area contributed by atoms with Gasteiger partial charge in [-0.05, 0) is 12.8 Å². The summed E-state index contributed by atoms with van der Waals surface area (Å²) in [6, 6.07) is 0. The van der Waals surface area contributed by atoms with Gasteiger partial charge in [0, 0.05) is 19.0 Å². The highest BCUT2D eigenvalue weighted by molar-refractivity contribution is 6.18. The van der Waals surface area contributed by atoms with Crippen molar-refractivity contribution in [2.45, 2.75) is 31.2 Å². The molecule has 0 aromatic heterocycles.